The maximum absolute atomic E-state index is 14.1. The number of phenolic OH excluding ortho intramolecular Hbond substituents is 1. The van der Waals surface area contributed by atoms with Crippen molar-refractivity contribution in [1.82, 2.24) is 14.8 Å². The maximum atomic E-state index is 14.1. The van der Waals surface area contributed by atoms with Gasteiger partial charge in [-0.25, -0.2) is 9.69 Å². The molecule has 0 saturated carbocycles. The number of phenols is 1. The Hall–Kier alpha value is -5.78. The van der Waals surface area contributed by atoms with E-state index < -0.39 is 64.6 Å². The summed E-state index contributed by atoms with van der Waals surface area (Å²) in [5.74, 6) is -4.57. The van der Waals surface area contributed by atoms with Gasteiger partial charge in [0.05, 0.1) is 18.3 Å². The van der Waals surface area contributed by atoms with Crippen molar-refractivity contribution in [2.75, 3.05) is 17.3 Å². The second-order valence-electron chi connectivity index (χ2n) is 12.2. The van der Waals surface area contributed by atoms with Gasteiger partial charge in [0.15, 0.2) is 0 Å². The minimum absolute atomic E-state index is 0.0580. The number of aromatic hydroxyl groups is 1. The van der Waals surface area contributed by atoms with Gasteiger partial charge in [-0.15, -0.1) is 11.8 Å². The van der Waals surface area contributed by atoms with Crippen molar-refractivity contribution >= 4 is 53.0 Å². The normalized spacial score (nSPS) is 17.7. The van der Waals surface area contributed by atoms with Crippen LogP contribution >= 0.6 is 11.8 Å². The van der Waals surface area contributed by atoms with Crippen LogP contribution in [-0.2, 0) is 40.0 Å². The zero-order chi connectivity index (χ0) is 38.0. The molecule has 0 radical (unpaired) electrons. The largest absolute Gasteiger partial charge is 0.508 e. The average Bonchev–Trinajstić information content (AvgIpc) is 3.10. The van der Waals surface area contributed by atoms with E-state index in [0.29, 0.717) is 16.8 Å². The molecule has 1 fully saturated rings. The van der Waals surface area contributed by atoms with Crippen molar-refractivity contribution in [2.45, 2.75) is 50.8 Å². The summed E-state index contributed by atoms with van der Waals surface area (Å²) in [6, 6.07) is 11.5. The molecule has 7 N–H and O–H groups in total. The van der Waals surface area contributed by atoms with E-state index in [4.69, 9.17) is 16.2 Å². The first-order valence-electron chi connectivity index (χ1n) is 15.9. The minimum Gasteiger partial charge on any atom is -0.508 e. The number of pyridine rings is 1. The monoisotopic (exact) mass is 732 g/mol. The number of fused-ring (bicyclic) bond motifs is 1. The van der Waals surface area contributed by atoms with Crippen molar-refractivity contribution in [3.63, 3.8) is 0 Å². The number of imide groups is 1. The zero-order valence-corrected chi connectivity index (χ0v) is 29.1. The Bertz CT molecular complexity index is 2030. The van der Waals surface area contributed by atoms with Crippen molar-refractivity contribution in [1.29, 1.82) is 0 Å². The molecule has 16 nitrogen and oxygen atoms in total. The lowest BCUT2D eigenvalue weighted by Crippen LogP contribution is -2.71. The number of carboxylic acid groups (broad SMARTS) is 1. The van der Waals surface area contributed by atoms with E-state index in [1.807, 2.05) is 0 Å². The van der Waals surface area contributed by atoms with Gasteiger partial charge >= 0.3 is 11.9 Å². The van der Waals surface area contributed by atoms with E-state index in [2.05, 4.69) is 4.98 Å². The van der Waals surface area contributed by atoms with Crippen LogP contribution in [0.3, 0.4) is 0 Å². The zero-order valence-electron chi connectivity index (χ0n) is 28.3. The number of esters is 1. The van der Waals surface area contributed by atoms with Gasteiger partial charge in [-0.2, -0.15) is 0 Å². The number of nitrogens with zero attached hydrogens (tertiary/aromatic N) is 3. The van der Waals surface area contributed by atoms with Crippen LogP contribution < -0.4 is 21.9 Å². The third-order valence-electron chi connectivity index (χ3n) is 8.50. The first kappa shape index (κ1) is 37.5. The molecule has 5 rings (SSSR count). The number of carbonyl (C=O) groups excluding carboxylic acids is 5. The molecule has 1 saturated heterocycles. The van der Waals surface area contributed by atoms with E-state index in [0.717, 1.165) is 14.7 Å². The van der Waals surface area contributed by atoms with E-state index >= 15 is 0 Å². The quantitative estimate of drug-likeness (QED) is 0.138. The fourth-order valence-electron chi connectivity index (χ4n) is 5.87. The molecule has 4 atom stereocenters. The molecule has 0 spiro atoms. The summed E-state index contributed by atoms with van der Waals surface area (Å²) in [5, 5.41) is 18.9. The summed E-state index contributed by atoms with van der Waals surface area (Å²) in [6.45, 7) is 3.17. The molecule has 2 aliphatic rings. The van der Waals surface area contributed by atoms with Crippen LogP contribution in [0.1, 0.15) is 37.9 Å². The number of ether oxygens (including phenoxy) is 1. The number of aromatic amines is 1. The van der Waals surface area contributed by atoms with Crippen LogP contribution in [0.15, 0.2) is 76.7 Å². The Balaban J connectivity index is 1.46. The number of carboxylic acids is 1. The number of hydrogen-bond acceptors (Lipinski definition) is 12. The highest BCUT2D eigenvalue weighted by molar-refractivity contribution is 8.00. The van der Waals surface area contributed by atoms with Gasteiger partial charge in [-0.05, 0) is 54.4 Å². The summed E-state index contributed by atoms with van der Waals surface area (Å²) in [5.41, 5.74) is 12.9. The Morgan fingerprint density at radius 3 is 2.19 bits per heavy atom. The highest BCUT2D eigenvalue weighted by atomic mass is 32.2. The molecular formula is C35H36N6O10S. The van der Waals surface area contributed by atoms with E-state index in [-0.39, 0.29) is 47.2 Å². The number of rotatable bonds is 11. The van der Waals surface area contributed by atoms with Crippen molar-refractivity contribution < 1.29 is 43.7 Å². The molecule has 0 bridgehead atoms. The lowest BCUT2D eigenvalue weighted by molar-refractivity contribution is -0.161. The molecule has 0 aliphatic carbocycles. The number of hydrogen-bond donors (Lipinski definition) is 5. The summed E-state index contributed by atoms with van der Waals surface area (Å²) >= 11 is 1.17. The minimum atomic E-state index is -1.41. The number of benzene rings is 2. The van der Waals surface area contributed by atoms with Crippen molar-refractivity contribution in [3.8, 4) is 17.0 Å². The van der Waals surface area contributed by atoms with E-state index in [1.54, 1.807) is 18.2 Å². The first-order valence-corrected chi connectivity index (χ1v) is 17.0. The Labute approximate surface area is 301 Å². The van der Waals surface area contributed by atoms with Crippen LogP contribution in [0.5, 0.6) is 5.75 Å². The Kier molecular flexibility index (Phi) is 11.0. The first-order chi connectivity index (χ1) is 24.6. The number of aliphatic carboxylic acids is 1. The molecule has 2 aliphatic heterocycles. The van der Waals surface area contributed by atoms with Crippen molar-refractivity contribution in [2.24, 2.45) is 11.5 Å². The van der Waals surface area contributed by atoms with Gasteiger partial charge in [0.25, 0.3) is 11.5 Å². The van der Waals surface area contributed by atoms with Gasteiger partial charge in [-0.1, -0.05) is 24.3 Å². The molecule has 272 valence electrons. The lowest BCUT2D eigenvalue weighted by atomic mass is 9.98. The second-order valence-corrected chi connectivity index (χ2v) is 13.3. The average molecular weight is 733 g/mol. The highest BCUT2D eigenvalue weighted by Crippen LogP contribution is 2.43. The fourth-order valence-corrected chi connectivity index (χ4v) is 7.27. The molecule has 3 heterocycles. The number of H-pyrrole nitrogens is 1. The predicted octanol–water partition coefficient (Wildman–Crippen LogP) is 1.19. The number of amides is 4. The van der Waals surface area contributed by atoms with Gasteiger partial charge in [-0.3, -0.25) is 33.7 Å². The van der Waals surface area contributed by atoms with Gasteiger partial charge in [0.1, 0.15) is 35.5 Å². The molecule has 17 heteroatoms. The Morgan fingerprint density at radius 2 is 1.63 bits per heavy atom. The SMILES string of the molecule is CC(=O)OCC1=C(C(=O)O)N2C(=O)C(N(Cc3ccc(-c4ccc(N(C(C)=O)C(=O)[C@@H](C)N)cc4)[nH]c3=O)C(=O)C(N)c3ccc(O)cc3)[C@@H]2SC1. The lowest BCUT2D eigenvalue weighted by Gasteiger charge is -2.53. The molecule has 2 unspecified atom stereocenters. The molecule has 3 aromatic rings. The topological polar surface area (TPSA) is 247 Å². The van der Waals surface area contributed by atoms with Crippen LogP contribution in [0.4, 0.5) is 5.69 Å². The molecule has 4 amide bonds. The van der Waals surface area contributed by atoms with Gasteiger partial charge < -0.3 is 36.3 Å². The Morgan fingerprint density at radius 1 is 0.981 bits per heavy atom. The summed E-state index contributed by atoms with van der Waals surface area (Å²) < 4.78 is 5.00. The summed E-state index contributed by atoms with van der Waals surface area (Å²) in [4.78, 5) is 95.6. The van der Waals surface area contributed by atoms with Gasteiger partial charge in [0, 0.05) is 36.4 Å². The molecule has 1 aromatic heterocycles. The summed E-state index contributed by atoms with van der Waals surface area (Å²) in [7, 11) is 0. The van der Waals surface area contributed by atoms with Crippen LogP contribution in [-0.4, -0.2) is 90.4 Å². The number of β-lactam (4-membered cyclic amide) rings is 1. The summed E-state index contributed by atoms with van der Waals surface area (Å²) in [6.07, 6.45) is 0. The molecule has 2 aromatic carbocycles. The standard InChI is InChI=1S/C35H36N6O10S/c1-17(36)31(46)40(18(2)42)24-9-4-20(5-10-24)26-13-8-22(30(45)38-26)14-39(32(47)27(37)21-6-11-25(44)12-7-21)29-33(48)41-28(35(49)50)23(15-51-19(3)43)16-52-34(29)41/h4-13,17,27,29,34,44H,14-16,36-37H2,1-3H3,(H,38,45)(H,49,50)/t17-,27?,29?,34+/m1/s1. The third kappa shape index (κ3) is 7.46. The van der Waals surface area contributed by atoms with Gasteiger partial charge in [0.2, 0.25) is 17.7 Å². The molecule has 52 heavy (non-hydrogen) atoms. The smallest absolute Gasteiger partial charge is 0.352 e. The van der Waals surface area contributed by atoms with Crippen LogP contribution in [0.2, 0.25) is 0 Å². The number of carbonyl (C=O) groups is 6. The number of thioether (sulfide) groups is 1. The molecular weight excluding hydrogens is 696 g/mol. The highest BCUT2D eigenvalue weighted by Gasteiger charge is 2.57. The third-order valence-corrected chi connectivity index (χ3v) is 9.83. The van der Waals surface area contributed by atoms with E-state index in [9.17, 15) is 43.8 Å². The van der Waals surface area contributed by atoms with Crippen LogP contribution in [0, 0.1) is 0 Å². The number of anilines is 1. The number of nitrogens with one attached hydrogen (secondary N) is 1. The number of nitrogens with two attached hydrogens (primary N) is 2. The van der Waals surface area contributed by atoms with Crippen molar-refractivity contribution in [3.05, 3.63) is 93.4 Å². The van der Waals surface area contributed by atoms with Crippen LogP contribution in [0.25, 0.3) is 11.3 Å². The predicted molar refractivity (Wildman–Crippen MR) is 188 cm³/mol. The van der Waals surface area contributed by atoms with E-state index in [1.165, 1.54) is 75.0 Å². The maximum Gasteiger partial charge on any atom is 0.352 e. The fraction of sp³-hybridized carbons (Fsp3) is 0.286. The second kappa shape index (κ2) is 15.2. The number of aromatic nitrogens is 1.